The number of carbonyl (C=O) groups is 1. The van der Waals surface area contributed by atoms with Gasteiger partial charge in [-0.1, -0.05) is 0 Å². The van der Waals surface area contributed by atoms with Crippen LogP contribution in [0.5, 0.6) is 5.75 Å². The van der Waals surface area contributed by atoms with Crippen molar-refractivity contribution in [3.05, 3.63) is 23.8 Å². The summed E-state index contributed by atoms with van der Waals surface area (Å²) in [7, 11) is -2.58. The van der Waals surface area contributed by atoms with Crippen LogP contribution in [-0.2, 0) is 10.0 Å². The Morgan fingerprint density at radius 2 is 1.90 bits per heavy atom. The van der Waals surface area contributed by atoms with Crippen LogP contribution >= 0.6 is 0 Å². The number of nitrogens with zero attached hydrogens (tertiary/aromatic N) is 2. The minimum Gasteiger partial charge on any atom is -0.495 e. The highest BCUT2D eigenvalue weighted by molar-refractivity contribution is 7.89. The fourth-order valence-electron chi connectivity index (χ4n) is 3.16. The van der Waals surface area contributed by atoms with E-state index < -0.39 is 28.7 Å². The zero-order valence-electron chi connectivity index (χ0n) is 16.6. The number of benzene rings is 1. The van der Waals surface area contributed by atoms with Gasteiger partial charge in [0.15, 0.2) is 0 Å². The second kappa shape index (κ2) is 9.31. The number of nitrogens with one attached hydrogen (secondary N) is 1. The molecule has 1 aromatic rings. The topological polar surface area (TPSA) is 79.0 Å². The van der Waals surface area contributed by atoms with Crippen molar-refractivity contribution in [3.63, 3.8) is 0 Å². The molecule has 1 aliphatic heterocycles. The lowest BCUT2D eigenvalue weighted by Crippen LogP contribution is -2.38. The standard InChI is InChI=1S/C18H26F3N3O4S/c1-13(2)22-29(26,27)16-11-14(5-6-15(16)28-3)17(25)24-8-4-7-23(9-10-24)12-18(19,20)21/h5-6,11,13,22H,4,7-10,12H2,1-3H3. The van der Waals surface area contributed by atoms with Gasteiger partial charge in [-0.25, -0.2) is 13.1 Å². The number of methoxy groups -OCH3 is 1. The molecule has 1 amide bonds. The Labute approximate surface area is 168 Å². The van der Waals surface area contributed by atoms with Gasteiger partial charge in [0.25, 0.3) is 5.91 Å². The van der Waals surface area contributed by atoms with E-state index in [1.807, 2.05) is 0 Å². The molecule has 2 rings (SSSR count). The quantitative estimate of drug-likeness (QED) is 0.738. The Morgan fingerprint density at radius 1 is 1.21 bits per heavy atom. The number of alkyl halides is 3. The van der Waals surface area contributed by atoms with Crippen molar-refractivity contribution >= 4 is 15.9 Å². The lowest BCUT2D eigenvalue weighted by Gasteiger charge is -2.23. The maximum absolute atomic E-state index is 12.9. The van der Waals surface area contributed by atoms with Crippen molar-refractivity contribution in [2.45, 2.75) is 37.4 Å². The van der Waals surface area contributed by atoms with Crippen LogP contribution in [0.1, 0.15) is 30.6 Å². The molecule has 164 valence electrons. The summed E-state index contributed by atoms with van der Waals surface area (Å²) >= 11 is 0. The molecule has 29 heavy (non-hydrogen) atoms. The van der Waals surface area contributed by atoms with E-state index in [0.29, 0.717) is 13.0 Å². The van der Waals surface area contributed by atoms with Gasteiger partial charge >= 0.3 is 6.18 Å². The molecule has 0 saturated carbocycles. The molecule has 0 aromatic heterocycles. The van der Waals surface area contributed by atoms with Gasteiger partial charge in [-0.05, 0) is 38.5 Å². The van der Waals surface area contributed by atoms with Gasteiger partial charge in [0, 0.05) is 37.8 Å². The zero-order chi connectivity index (χ0) is 21.8. The molecule has 0 aliphatic carbocycles. The average Bonchev–Trinajstić information content (AvgIpc) is 2.83. The van der Waals surface area contributed by atoms with Gasteiger partial charge < -0.3 is 9.64 Å². The van der Waals surface area contributed by atoms with E-state index in [1.54, 1.807) is 13.8 Å². The summed E-state index contributed by atoms with van der Waals surface area (Å²) in [5.41, 5.74) is 0.138. The summed E-state index contributed by atoms with van der Waals surface area (Å²) < 4.78 is 70.6. The predicted molar refractivity (Wildman–Crippen MR) is 101 cm³/mol. The van der Waals surface area contributed by atoms with Gasteiger partial charge in [-0.3, -0.25) is 9.69 Å². The fraction of sp³-hybridized carbons (Fsp3) is 0.611. The molecule has 0 unspecified atom stereocenters. The normalized spacial score (nSPS) is 16.7. The molecule has 11 heteroatoms. The van der Waals surface area contributed by atoms with Crippen LogP contribution in [0.2, 0.25) is 0 Å². The van der Waals surface area contributed by atoms with Crippen molar-refractivity contribution in [1.82, 2.24) is 14.5 Å². The number of sulfonamides is 1. The van der Waals surface area contributed by atoms with Crippen molar-refractivity contribution in [2.75, 3.05) is 39.8 Å². The molecule has 0 spiro atoms. The molecule has 0 bridgehead atoms. The van der Waals surface area contributed by atoms with E-state index in [2.05, 4.69) is 4.72 Å². The predicted octanol–water partition coefficient (Wildman–Crippen LogP) is 2.09. The summed E-state index contributed by atoms with van der Waals surface area (Å²) in [5.74, 6) is -0.329. The summed E-state index contributed by atoms with van der Waals surface area (Å²) in [6.07, 6.45) is -3.89. The highest BCUT2D eigenvalue weighted by Crippen LogP contribution is 2.26. The Bertz CT molecular complexity index is 828. The van der Waals surface area contributed by atoms with Crippen LogP contribution in [0, 0.1) is 0 Å². The number of hydrogen-bond donors (Lipinski definition) is 1. The van der Waals surface area contributed by atoms with Gasteiger partial charge in [0.1, 0.15) is 10.6 Å². The van der Waals surface area contributed by atoms with Gasteiger partial charge in [-0.2, -0.15) is 13.2 Å². The van der Waals surface area contributed by atoms with Gasteiger partial charge in [-0.15, -0.1) is 0 Å². The number of halogens is 3. The van der Waals surface area contributed by atoms with E-state index in [9.17, 15) is 26.4 Å². The van der Waals surface area contributed by atoms with E-state index in [0.717, 1.165) is 0 Å². The number of hydrogen-bond acceptors (Lipinski definition) is 5. The largest absolute Gasteiger partial charge is 0.495 e. The Balaban J connectivity index is 2.22. The van der Waals surface area contributed by atoms with E-state index in [-0.39, 0.29) is 41.9 Å². The first kappa shape index (κ1) is 23.4. The number of ether oxygens (including phenoxy) is 1. The van der Waals surface area contributed by atoms with Crippen LogP contribution in [0.25, 0.3) is 0 Å². The second-order valence-electron chi connectivity index (χ2n) is 7.18. The maximum Gasteiger partial charge on any atom is 0.401 e. The number of carbonyl (C=O) groups excluding carboxylic acids is 1. The average molecular weight is 437 g/mol. The number of amides is 1. The lowest BCUT2D eigenvalue weighted by atomic mass is 10.2. The van der Waals surface area contributed by atoms with Crippen molar-refractivity contribution in [3.8, 4) is 5.75 Å². The van der Waals surface area contributed by atoms with E-state index >= 15 is 0 Å². The van der Waals surface area contributed by atoms with Gasteiger partial charge in [0.2, 0.25) is 10.0 Å². The van der Waals surface area contributed by atoms with E-state index in [1.165, 1.54) is 35.1 Å². The Hall–Kier alpha value is -1.85. The Morgan fingerprint density at radius 3 is 2.48 bits per heavy atom. The highest BCUT2D eigenvalue weighted by Gasteiger charge is 2.32. The third kappa shape index (κ3) is 6.58. The summed E-state index contributed by atoms with van der Waals surface area (Å²) in [6.45, 7) is 3.09. The van der Waals surface area contributed by atoms with Crippen LogP contribution in [0.3, 0.4) is 0 Å². The molecule has 1 aromatic carbocycles. The fourth-order valence-corrected chi connectivity index (χ4v) is 4.61. The van der Waals surface area contributed by atoms with Crippen LogP contribution in [-0.4, -0.2) is 76.2 Å². The van der Waals surface area contributed by atoms with Gasteiger partial charge in [0.05, 0.1) is 13.7 Å². The molecule has 0 radical (unpaired) electrons. The van der Waals surface area contributed by atoms with E-state index in [4.69, 9.17) is 4.74 Å². The van der Waals surface area contributed by atoms with Crippen molar-refractivity contribution < 1.29 is 31.1 Å². The first-order valence-electron chi connectivity index (χ1n) is 9.21. The zero-order valence-corrected chi connectivity index (χ0v) is 17.4. The van der Waals surface area contributed by atoms with Crippen LogP contribution in [0.4, 0.5) is 13.2 Å². The molecular formula is C18H26F3N3O4S. The summed E-state index contributed by atoms with van der Waals surface area (Å²) in [6, 6.07) is 3.74. The second-order valence-corrected chi connectivity index (χ2v) is 8.86. The van der Waals surface area contributed by atoms with Crippen LogP contribution < -0.4 is 9.46 Å². The maximum atomic E-state index is 12.9. The highest BCUT2D eigenvalue weighted by atomic mass is 32.2. The first-order valence-corrected chi connectivity index (χ1v) is 10.7. The SMILES string of the molecule is COc1ccc(C(=O)N2CCCN(CC(F)(F)F)CC2)cc1S(=O)(=O)NC(C)C. The molecule has 1 aliphatic rings. The monoisotopic (exact) mass is 437 g/mol. The third-order valence-corrected chi connectivity index (χ3v) is 6.05. The molecule has 1 saturated heterocycles. The third-order valence-electron chi connectivity index (χ3n) is 4.37. The molecule has 7 nitrogen and oxygen atoms in total. The van der Waals surface area contributed by atoms with Crippen molar-refractivity contribution in [1.29, 1.82) is 0 Å². The smallest absolute Gasteiger partial charge is 0.401 e. The minimum absolute atomic E-state index is 0.0987. The number of rotatable bonds is 6. The molecule has 1 heterocycles. The summed E-state index contributed by atoms with van der Waals surface area (Å²) in [4.78, 5) is 15.4. The van der Waals surface area contributed by atoms with Crippen molar-refractivity contribution in [2.24, 2.45) is 0 Å². The summed E-state index contributed by atoms with van der Waals surface area (Å²) in [5, 5.41) is 0. The minimum atomic E-state index is -4.29. The Kier molecular flexibility index (Phi) is 7.52. The molecule has 1 N–H and O–H groups in total. The molecular weight excluding hydrogens is 411 g/mol. The molecule has 1 fully saturated rings. The first-order chi connectivity index (χ1) is 13.4. The lowest BCUT2D eigenvalue weighted by molar-refractivity contribution is -0.145. The molecule has 0 atom stereocenters. The van der Waals surface area contributed by atoms with Crippen LogP contribution in [0.15, 0.2) is 23.1 Å².